The van der Waals surface area contributed by atoms with Crippen LogP contribution in [0.1, 0.15) is 5.56 Å². The Morgan fingerprint density at radius 2 is 2.23 bits per heavy atom. The van der Waals surface area contributed by atoms with Crippen LogP contribution in [0.3, 0.4) is 0 Å². The van der Waals surface area contributed by atoms with Gasteiger partial charge in [-0.3, -0.25) is 0 Å². The van der Waals surface area contributed by atoms with E-state index in [0.29, 0.717) is 16.5 Å². The molecule has 13 heavy (non-hydrogen) atoms. The van der Waals surface area contributed by atoms with Crippen molar-refractivity contribution in [2.24, 2.45) is 4.99 Å². The lowest BCUT2D eigenvalue weighted by Gasteiger charge is -2.05. The van der Waals surface area contributed by atoms with Crippen LogP contribution >= 0.6 is 11.6 Å². The Kier molecular flexibility index (Phi) is 3.07. The second-order valence-corrected chi connectivity index (χ2v) is 2.88. The van der Waals surface area contributed by atoms with Crippen LogP contribution in [-0.2, 0) is 4.79 Å². The van der Waals surface area contributed by atoms with Crippen molar-refractivity contribution in [3.63, 3.8) is 0 Å². The standard InChI is InChI=1S/C9H8ClNO2/c1-6-3-9(13-2)7(10)4-8(6)11-5-12/h3-4H,1-2H3. The van der Waals surface area contributed by atoms with Crippen molar-refractivity contribution in [2.45, 2.75) is 6.92 Å². The fraction of sp³-hybridized carbons (Fsp3) is 0.222. The maximum atomic E-state index is 10.0. The Labute approximate surface area is 81.0 Å². The van der Waals surface area contributed by atoms with E-state index < -0.39 is 0 Å². The highest BCUT2D eigenvalue weighted by Gasteiger charge is 2.04. The zero-order valence-corrected chi connectivity index (χ0v) is 8.05. The Morgan fingerprint density at radius 1 is 1.54 bits per heavy atom. The van der Waals surface area contributed by atoms with Crippen LogP contribution < -0.4 is 4.74 Å². The van der Waals surface area contributed by atoms with E-state index in [2.05, 4.69) is 4.99 Å². The number of nitrogens with zero attached hydrogens (tertiary/aromatic N) is 1. The second kappa shape index (κ2) is 4.08. The molecular formula is C9H8ClNO2. The van der Waals surface area contributed by atoms with Crippen molar-refractivity contribution in [2.75, 3.05) is 7.11 Å². The summed E-state index contributed by atoms with van der Waals surface area (Å²) in [5.74, 6) is 0.573. The minimum Gasteiger partial charge on any atom is -0.495 e. The highest BCUT2D eigenvalue weighted by molar-refractivity contribution is 6.32. The zero-order chi connectivity index (χ0) is 9.84. The van der Waals surface area contributed by atoms with Crippen LogP contribution in [0.2, 0.25) is 5.02 Å². The molecule has 0 fully saturated rings. The number of benzene rings is 1. The number of isocyanates is 1. The molecule has 0 radical (unpaired) electrons. The summed E-state index contributed by atoms with van der Waals surface area (Å²) >= 11 is 5.82. The van der Waals surface area contributed by atoms with Gasteiger partial charge in [0, 0.05) is 0 Å². The van der Waals surface area contributed by atoms with Crippen LogP contribution in [-0.4, -0.2) is 13.2 Å². The highest BCUT2D eigenvalue weighted by Crippen LogP contribution is 2.31. The molecule has 0 unspecified atom stereocenters. The van der Waals surface area contributed by atoms with Gasteiger partial charge < -0.3 is 4.74 Å². The topological polar surface area (TPSA) is 38.7 Å². The SMILES string of the molecule is COc1cc(C)c(N=C=O)cc1Cl. The van der Waals surface area contributed by atoms with Crippen molar-refractivity contribution in [3.05, 3.63) is 22.7 Å². The molecule has 0 saturated carbocycles. The van der Waals surface area contributed by atoms with Gasteiger partial charge in [0.25, 0.3) is 0 Å². The molecule has 0 N–H and O–H groups in total. The molecule has 1 rings (SSSR count). The summed E-state index contributed by atoms with van der Waals surface area (Å²) in [5, 5.41) is 0.433. The number of ether oxygens (including phenoxy) is 1. The van der Waals surface area contributed by atoms with Gasteiger partial charge >= 0.3 is 0 Å². The average molecular weight is 198 g/mol. The highest BCUT2D eigenvalue weighted by atomic mass is 35.5. The van der Waals surface area contributed by atoms with Gasteiger partial charge in [0.2, 0.25) is 6.08 Å². The molecule has 0 aromatic heterocycles. The first-order chi connectivity index (χ1) is 6.19. The number of halogens is 1. The molecule has 0 saturated heterocycles. The van der Waals surface area contributed by atoms with Gasteiger partial charge in [0.05, 0.1) is 17.8 Å². The Hall–Kier alpha value is -1.31. The van der Waals surface area contributed by atoms with Crippen LogP contribution in [0.5, 0.6) is 5.75 Å². The summed E-state index contributed by atoms with van der Waals surface area (Å²) in [7, 11) is 1.53. The summed E-state index contributed by atoms with van der Waals surface area (Å²) in [5.41, 5.74) is 1.34. The van der Waals surface area contributed by atoms with Gasteiger partial charge in [-0.25, -0.2) is 4.79 Å². The number of carbonyl (C=O) groups excluding carboxylic acids is 1. The summed E-state index contributed by atoms with van der Waals surface area (Å²) in [6.07, 6.45) is 1.47. The predicted octanol–water partition coefficient (Wildman–Crippen LogP) is 2.62. The normalized spacial score (nSPS) is 9.15. The van der Waals surface area contributed by atoms with Gasteiger partial charge in [-0.1, -0.05) is 11.6 Å². The van der Waals surface area contributed by atoms with E-state index in [4.69, 9.17) is 16.3 Å². The molecule has 0 bridgehead atoms. The molecule has 0 aliphatic heterocycles. The first kappa shape index (κ1) is 9.78. The molecule has 0 amide bonds. The lowest BCUT2D eigenvalue weighted by Crippen LogP contribution is -1.85. The quantitative estimate of drug-likeness (QED) is 0.540. The molecule has 4 heteroatoms. The maximum absolute atomic E-state index is 10.0. The monoisotopic (exact) mass is 197 g/mol. The second-order valence-electron chi connectivity index (χ2n) is 2.48. The first-order valence-corrected chi connectivity index (χ1v) is 3.99. The van der Waals surface area contributed by atoms with Crippen molar-refractivity contribution in [1.29, 1.82) is 0 Å². The van der Waals surface area contributed by atoms with Crippen LogP contribution in [0, 0.1) is 6.92 Å². The third-order valence-corrected chi connectivity index (χ3v) is 1.93. The van der Waals surface area contributed by atoms with E-state index in [1.165, 1.54) is 13.2 Å². The van der Waals surface area contributed by atoms with Gasteiger partial charge in [-0.2, -0.15) is 4.99 Å². The van der Waals surface area contributed by atoms with Crippen LogP contribution in [0.4, 0.5) is 5.69 Å². The summed E-state index contributed by atoms with van der Waals surface area (Å²) < 4.78 is 4.99. The minimum absolute atomic E-state index is 0.433. The third kappa shape index (κ3) is 2.08. The Balaban J connectivity index is 3.27. The molecule has 0 aliphatic rings. The van der Waals surface area contributed by atoms with Gasteiger partial charge in [-0.05, 0) is 24.6 Å². The number of hydrogen-bond acceptors (Lipinski definition) is 3. The molecule has 0 spiro atoms. The molecule has 68 valence electrons. The molecule has 1 aromatic rings. The molecule has 1 aromatic carbocycles. The molecular weight excluding hydrogens is 190 g/mol. The van der Waals surface area contributed by atoms with E-state index in [1.54, 1.807) is 12.1 Å². The van der Waals surface area contributed by atoms with Crippen LogP contribution in [0.25, 0.3) is 0 Å². The van der Waals surface area contributed by atoms with E-state index in [-0.39, 0.29) is 0 Å². The predicted molar refractivity (Wildman–Crippen MR) is 50.5 cm³/mol. The van der Waals surface area contributed by atoms with Crippen molar-refractivity contribution in [3.8, 4) is 5.75 Å². The molecule has 0 heterocycles. The summed E-state index contributed by atoms with van der Waals surface area (Å²) in [4.78, 5) is 13.5. The van der Waals surface area contributed by atoms with E-state index in [1.807, 2.05) is 6.92 Å². The van der Waals surface area contributed by atoms with E-state index in [0.717, 1.165) is 5.56 Å². The van der Waals surface area contributed by atoms with Gasteiger partial charge in [0.1, 0.15) is 5.75 Å². The van der Waals surface area contributed by atoms with Gasteiger partial charge in [0.15, 0.2) is 0 Å². The minimum atomic E-state index is 0.433. The number of aliphatic imine (C=N–C) groups is 1. The lowest BCUT2D eigenvalue weighted by molar-refractivity contribution is 0.415. The van der Waals surface area contributed by atoms with E-state index in [9.17, 15) is 4.79 Å². The lowest BCUT2D eigenvalue weighted by atomic mass is 10.2. The number of aryl methyl sites for hydroxylation is 1. The maximum Gasteiger partial charge on any atom is 0.240 e. The number of hydrogen-bond donors (Lipinski definition) is 0. The van der Waals surface area contributed by atoms with Crippen LogP contribution in [0.15, 0.2) is 17.1 Å². The summed E-state index contributed by atoms with van der Waals surface area (Å²) in [6, 6.07) is 3.29. The van der Waals surface area contributed by atoms with Crippen molar-refractivity contribution < 1.29 is 9.53 Å². The molecule has 0 atom stereocenters. The zero-order valence-electron chi connectivity index (χ0n) is 7.30. The third-order valence-electron chi connectivity index (χ3n) is 1.64. The number of methoxy groups -OCH3 is 1. The first-order valence-electron chi connectivity index (χ1n) is 3.61. The fourth-order valence-electron chi connectivity index (χ4n) is 0.971. The smallest absolute Gasteiger partial charge is 0.240 e. The molecule has 3 nitrogen and oxygen atoms in total. The van der Waals surface area contributed by atoms with Crippen molar-refractivity contribution in [1.82, 2.24) is 0 Å². The summed E-state index contributed by atoms with van der Waals surface area (Å²) in [6.45, 7) is 1.81. The largest absolute Gasteiger partial charge is 0.495 e. The fourth-order valence-corrected chi connectivity index (χ4v) is 1.21. The average Bonchev–Trinajstić information content (AvgIpc) is 2.11. The Bertz CT molecular complexity index is 370. The van der Waals surface area contributed by atoms with Crippen molar-refractivity contribution >= 4 is 23.4 Å². The number of rotatable bonds is 2. The van der Waals surface area contributed by atoms with Gasteiger partial charge in [-0.15, -0.1) is 0 Å². The molecule has 0 aliphatic carbocycles. The van der Waals surface area contributed by atoms with E-state index >= 15 is 0 Å². The Morgan fingerprint density at radius 3 is 2.77 bits per heavy atom.